The molecule has 6 nitrogen and oxygen atoms in total. The molecule has 1 saturated heterocycles. The Balaban J connectivity index is 2.07. The Bertz CT molecular complexity index is 506. The van der Waals surface area contributed by atoms with Gasteiger partial charge in [0.15, 0.2) is 5.78 Å². The number of amides is 2. The number of nitrogens with zero attached hydrogens (tertiary/aromatic N) is 3. The normalized spacial score (nSPS) is 16.3. The lowest BCUT2D eigenvalue weighted by atomic mass is 10.2. The van der Waals surface area contributed by atoms with E-state index in [4.69, 9.17) is 0 Å². The van der Waals surface area contributed by atoms with Crippen molar-refractivity contribution in [3.05, 3.63) is 24.0 Å². The minimum atomic E-state index is -0.605. The van der Waals surface area contributed by atoms with Crippen LogP contribution in [0.3, 0.4) is 0 Å². The number of hydrogen-bond donors (Lipinski definition) is 0. The molecule has 2 rings (SSSR count). The largest absolute Gasteiger partial charge is 0.348 e. The first kappa shape index (κ1) is 12.3. The number of ketones is 1. The average Bonchev–Trinajstić information content (AvgIpc) is 2.76. The molecule has 0 N–H and O–H groups in total. The van der Waals surface area contributed by atoms with Crippen molar-refractivity contribution in [3.8, 4) is 0 Å². The van der Waals surface area contributed by atoms with E-state index in [1.54, 1.807) is 37.0 Å². The second-order valence-corrected chi connectivity index (χ2v) is 4.38. The molecule has 0 radical (unpaired) electrons. The topological polar surface area (TPSA) is 62.6 Å². The first-order valence-corrected chi connectivity index (χ1v) is 5.69. The number of likely N-dealkylation sites (N-methyl/N-ethyl adjacent to an activating group) is 1. The Kier molecular flexibility index (Phi) is 3.18. The minimum Gasteiger partial charge on any atom is -0.348 e. The highest BCUT2D eigenvalue weighted by atomic mass is 16.2. The SMILES string of the molecule is CN1CCN(CC(=O)c2cccn2C)C(=O)C1=O. The van der Waals surface area contributed by atoms with Crippen molar-refractivity contribution in [1.29, 1.82) is 0 Å². The van der Waals surface area contributed by atoms with Crippen LogP contribution < -0.4 is 0 Å². The van der Waals surface area contributed by atoms with Gasteiger partial charge in [0.1, 0.15) is 0 Å². The molecule has 1 aromatic heterocycles. The third kappa shape index (κ3) is 2.13. The molecule has 0 unspecified atom stereocenters. The quantitative estimate of drug-likeness (QED) is 0.536. The number of carbonyl (C=O) groups is 3. The Morgan fingerprint density at radius 2 is 1.94 bits per heavy atom. The molecule has 1 aliphatic heterocycles. The molecule has 0 saturated carbocycles. The van der Waals surface area contributed by atoms with Crippen LogP contribution in [0.15, 0.2) is 18.3 Å². The maximum atomic E-state index is 12.0. The lowest BCUT2D eigenvalue weighted by molar-refractivity contribution is -0.154. The summed E-state index contributed by atoms with van der Waals surface area (Å²) in [6, 6.07) is 3.47. The van der Waals surface area contributed by atoms with Gasteiger partial charge in [-0.3, -0.25) is 14.4 Å². The second kappa shape index (κ2) is 4.64. The van der Waals surface area contributed by atoms with Crippen molar-refractivity contribution in [2.24, 2.45) is 7.05 Å². The summed E-state index contributed by atoms with van der Waals surface area (Å²) < 4.78 is 1.70. The molecule has 0 aromatic carbocycles. The molecular formula is C12H15N3O3. The van der Waals surface area contributed by atoms with Crippen LogP contribution in [0.4, 0.5) is 0 Å². The minimum absolute atomic E-state index is 0.0454. The van der Waals surface area contributed by atoms with Gasteiger partial charge in [-0.25, -0.2) is 0 Å². The molecule has 0 bridgehead atoms. The summed E-state index contributed by atoms with van der Waals surface area (Å²) in [6.07, 6.45) is 1.77. The number of Topliss-reactive ketones (excluding diaryl/α,β-unsaturated/α-hetero) is 1. The molecule has 0 aliphatic carbocycles. The first-order valence-electron chi connectivity index (χ1n) is 5.69. The Hall–Kier alpha value is -2.11. The second-order valence-electron chi connectivity index (χ2n) is 4.38. The van der Waals surface area contributed by atoms with Crippen LogP contribution in [0.2, 0.25) is 0 Å². The Labute approximate surface area is 105 Å². The highest BCUT2D eigenvalue weighted by Gasteiger charge is 2.31. The molecule has 2 amide bonds. The summed E-state index contributed by atoms with van der Waals surface area (Å²) in [6.45, 7) is 0.818. The van der Waals surface area contributed by atoms with Gasteiger partial charge < -0.3 is 14.4 Å². The zero-order valence-corrected chi connectivity index (χ0v) is 10.4. The standard InChI is InChI=1S/C12H15N3O3/c1-13-5-3-4-9(13)10(16)8-15-7-6-14(2)11(17)12(15)18/h3-5H,6-8H2,1-2H3. The third-order valence-corrected chi connectivity index (χ3v) is 3.09. The van der Waals surface area contributed by atoms with Gasteiger partial charge in [0.2, 0.25) is 0 Å². The number of carbonyl (C=O) groups excluding carboxylic acids is 3. The van der Waals surface area contributed by atoms with Crippen LogP contribution in [0.5, 0.6) is 0 Å². The number of piperazine rings is 1. The summed E-state index contributed by atoms with van der Waals surface area (Å²) in [7, 11) is 3.35. The smallest absolute Gasteiger partial charge is 0.312 e. The van der Waals surface area contributed by atoms with E-state index in [-0.39, 0.29) is 12.3 Å². The predicted octanol–water partition coefficient (Wildman–Crippen LogP) is -0.492. The van der Waals surface area contributed by atoms with Gasteiger partial charge in [0.05, 0.1) is 12.2 Å². The van der Waals surface area contributed by atoms with Crippen molar-refractivity contribution in [2.75, 3.05) is 26.7 Å². The molecule has 1 fully saturated rings. The van der Waals surface area contributed by atoms with Crippen molar-refractivity contribution in [2.45, 2.75) is 0 Å². The van der Waals surface area contributed by atoms with Gasteiger partial charge in [-0.1, -0.05) is 0 Å². The maximum absolute atomic E-state index is 12.0. The lowest BCUT2D eigenvalue weighted by Crippen LogP contribution is -2.54. The van der Waals surface area contributed by atoms with Crippen LogP contribution in [0, 0.1) is 0 Å². The molecule has 0 atom stereocenters. The van der Waals surface area contributed by atoms with Gasteiger partial charge in [-0.05, 0) is 12.1 Å². The summed E-state index contributed by atoms with van der Waals surface area (Å²) in [5, 5.41) is 0. The molecule has 0 spiro atoms. The number of rotatable bonds is 3. The first-order chi connectivity index (χ1) is 8.50. The van der Waals surface area contributed by atoms with Crippen molar-refractivity contribution >= 4 is 17.6 Å². The van der Waals surface area contributed by atoms with Gasteiger partial charge in [-0.2, -0.15) is 0 Å². The predicted molar refractivity (Wildman–Crippen MR) is 64.0 cm³/mol. The molecular weight excluding hydrogens is 234 g/mol. The molecule has 6 heteroatoms. The van der Waals surface area contributed by atoms with E-state index < -0.39 is 11.8 Å². The third-order valence-electron chi connectivity index (χ3n) is 3.09. The van der Waals surface area contributed by atoms with Crippen molar-refractivity contribution in [3.63, 3.8) is 0 Å². The van der Waals surface area contributed by atoms with E-state index in [0.29, 0.717) is 18.8 Å². The summed E-state index contributed by atoms with van der Waals surface area (Å²) in [5.74, 6) is -1.32. The molecule has 96 valence electrons. The summed E-state index contributed by atoms with van der Waals surface area (Å²) in [5.41, 5.74) is 0.536. The van der Waals surface area contributed by atoms with E-state index in [1.807, 2.05) is 0 Å². The zero-order valence-electron chi connectivity index (χ0n) is 10.4. The van der Waals surface area contributed by atoms with Gasteiger partial charge in [0, 0.05) is 33.4 Å². The van der Waals surface area contributed by atoms with Crippen LogP contribution in [0.25, 0.3) is 0 Å². The van der Waals surface area contributed by atoms with Crippen LogP contribution >= 0.6 is 0 Å². The maximum Gasteiger partial charge on any atom is 0.312 e. The molecule has 2 heterocycles. The van der Waals surface area contributed by atoms with Gasteiger partial charge in [-0.15, -0.1) is 0 Å². The highest BCUT2D eigenvalue weighted by Crippen LogP contribution is 2.07. The van der Waals surface area contributed by atoms with Crippen LogP contribution in [0.1, 0.15) is 10.5 Å². The number of aryl methyl sites for hydroxylation is 1. The molecule has 1 aliphatic rings. The fourth-order valence-corrected chi connectivity index (χ4v) is 1.93. The lowest BCUT2D eigenvalue weighted by Gasteiger charge is -2.30. The molecule has 1 aromatic rings. The van der Waals surface area contributed by atoms with Crippen LogP contribution in [-0.4, -0.2) is 58.6 Å². The number of aromatic nitrogens is 1. The van der Waals surface area contributed by atoms with Crippen molar-refractivity contribution in [1.82, 2.24) is 14.4 Å². The summed E-state index contributed by atoms with van der Waals surface area (Å²) in [4.78, 5) is 37.8. The number of hydrogen-bond acceptors (Lipinski definition) is 3. The fourth-order valence-electron chi connectivity index (χ4n) is 1.93. The van der Waals surface area contributed by atoms with Gasteiger partial charge in [0.25, 0.3) is 0 Å². The van der Waals surface area contributed by atoms with E-state index in [1.165, 1.54) is 9.80 Å². The van der Waals surface area contributed by atoms with E-state index in [9.17, 15) is 14.4 Å². The van der Waals surface area contributed by atoms with E-state index in [2.05, 4.69) is 0 Å². The highest BCUT2D eigenvalue weighted by molar-refractivity contribution is 6.35. The monoisotopic (exact) mass is 249 g/mol. The fraction of sp³-hybridized carbons (Fsp3) is 0.417. The average molecular weight is 249 g/mol. The Morgan fingerprint density at radius 1 is 1.22 bits per heavy atom. The molecule has 18 heavy (non-hydrogen) atoms. The van der Waals surface area contributed by atoms with E-state index >= 15 is 0 Å². The summed E-state index contributed by atoms with van der Waals surface area (Å²) >= 11 is 0. The Morgan fingerprint density at radius 3 is 2.56 bits per heavy atom. The van der Waals surface area contributed by atoms with Crippen molar-refractivity contribution < 1.29 is 14.4 Å². The zero-order chi connectivity index (χ0) is 13.3. The van der Waals surface area contributed by atoms with E-state index in [0.717, 1.165) is 0 Å². The van der Waals surface area contributed by atoms with Crippen LogP contribution in [-0.2, 0) is 16.6 Å². The van der Waals surface area contributed by atoms with Gasteiger partial charge >= 0.3 is 11.8 Å².